The highest BCUT2D eigenvalue weighted by Crippen LogP contribution is 2.29. The number of aliphatic hydroxyl groups excluding tert-OH is 1. The van der Waals surface area contributed by atoms with Gasteiger partial charge in [-0.1, -0.05) is 12.1 Å². The Balaban J connectivity index is 2.28. The number of benzene rings is 2. The van der Waals surface area contributed by atoms with Gasteiger partial charge in [-0.2, -0.15) is 0 Å². The zero-order chi connectivity index (χ0) is 15.6. The number of rotatable bonds is 4. The van der Waals surface area contributed by atoms with Crippen LogP contribution in [0.1, 0.15) is 28.4 Å². The lowest BCUT2D eigenvalue weighted by molar-refractivity contribution is 0.176. The molecule has 1 unspecified atom stereocenters. The van der Waals surface area contributed by atoms with Crippen LogP contribution < -0.4 is 4.74 Å². The molecule has 0 saturated heterocycles. The average molecular weight is 292 g/mol. The fourth-order valence-electron chi connectivity index (χ4n) is 2.53. The Hall–Kier alpha value is -1.94. The molecule has 0 radical (unpaired) electrons. The zero-order valence-electron chi connectivity index (χ0n) is 12.3. The van der Waals surface area contributed by atoms with Gasteiger partial charge in [0, 0.05) is 6.42 Å². The van der Waals surface area contributed by atoms with Gasteiger partial charge in [0.1, 0.15) is 5.75 Å². The predicted octanol–water partition coefficient (Wildman–Crippen LogP) is 3.87. The highest BCUT2D eigenvalue weighted by Gasteiger charge is 2.16. The van der Waals surface area contributed by atoms with E-state index in [1.807, 2.05) is 13.8 Å². The SMILES string of the molecule is COc1c(C)cc(C(O)Cc2cccc(F)c2F)cc1C. The van der Waals surface area contributed by atoms with Crippen LogP contribution >= 0.6 is 0 Å². The monoisotopic (exact) mass is 292 g/mol. The second-order valence-corrected chi connectivity index (χ2v) is 5.12. The summed E-state index contributed by atoms with van der Waals surface area (Å²) >= 11 is 0. The van der Waals surface area contributed by atoms with Crippen molar-refractivity contribution in [1.29, 1.82) is 0 Å². The Morgan fingerprint density at radius 3 is 2.33 bits per heavy atom. The Bertz CT molecular complexity index is 630. The second kappa shape index (κ2) is 6.22. The largest absolute Gasteiger partial charge is 0.496 e. The first-order valence-corrected chi connectivity index (χ1v) is 6.70. The molecule has 2 nitrogen and oxygen atoms in total. The standard InChI is InChI=1S/C17H18F2O2/c1-10-7-13(8-11(2)17(10)21-3)15(20)9-12-5-4-6-14(18)16(12)19/h4-8,15,20H,9H2,1-3H3. The first-order valence-electron chi connectivity index (χ1n) is 6.70. The summed E-state index contributed by atoms with van der Waals surface area (Å²) in [6.45, 7) is 3.76. The number of aryl methyl sites for hydroxylation is 2. The average Bonchev–Trinajstić information content (AvgIpc) is 2.43. The summed E-state index contributed by atoms with van der Waals surface area (Å²) in [5.41, 5.74) is 2.61. The number of hydrogen-bond acceptors (Lipinski definition) is 2. The van der Waals surface area contributed by atoms with Crippen molar-refractivity contribution in [2.45, 2.75) is 26.4 Å². The molecule has 0 spiro atoms. The van der Waals surface area contributed by atoms with Crippen LogP contribution in [0.4, 0.5) is 8.78 Å². The van der Waals surface area contributed by atoms with E-state index in [2.05, 4.69) is 0 Å². The minimum absolute atomic E-state index is 0.0226. The summed E-state index contributed by atoms with van der Waals surface area (Å²) in [5.74, 6) is -1.04. The molecule has 0 aliphatic carbocycles. The molecule has 0 bridgehead atoms. The summed E-state index contributed by atoms with van der Waals surface area (Å²) < 4.78 is 32.1. The minimum Gasteiger partial charge on any atom is -0.496 e. The van der Waals surface area contributed by atoms with Crippen LogP contribution in [-0.4, -0.2) is 12.2 Å². The van der Waals surface area contributed by atoms with Crippen molar-refractivity contribution in [3.05, 3.63) is 64.2 Å². The molecular formula is C17H18F2O2. The number of hydrogen-bond donors (Lipinski definition) is 1. The van der Waals surface area contributed by atoms with E-state index in [9.17, 15) is 13.9 Å². The number of aliphatic hydroxyl groups is 1. The van der Waals surface area contributed by atoms with Crippen molar-refractivity contribution >= 4 is 0 Å². The fourth-order valence-corrected chi connectivity index (χ4v) is 2.53. The minimum atomic E-state index is -0.904. The van der Waals surface area contributed by atoms with Crippen molar-refractivity contribution in [2.24, 2.45) is 0 Å². The lowest BCUT2D eigenvalue weighted by Gasteiger charge is -2.16. The van der Waals surface area contributed by atoms with E-state index in [0.29, 0.717) is 5.56 Å². The fraction of sp³-hybridized carbons (Fsp3) is 0.294. The first-order chi connectivity index (χ1) is 9.93. The zero-order valence-corrected chi connectivity index (χ0v) is 12.3. The summed E-state index contributed by atoms with van der Waals surface area (Å²) in [6, 6.07) is 7.57. The van der Waals surface area contributed by atoms with Crippen LogP contribution in [0.5, 0.6) is 5.75 Å². The lowest BCUT2D eigenvalue weighted by Crippen LogP contribution is -2.06. The van der Waals surface area contributed by atoms with E-state index >= 15 is 0 Å². The van der Waals surface area contributed by atoms with Crippen LogP contribution in [0.2, 0.25) is 0 Å². The van der Waals surface area contributed by atoms with Crippen molar-refractivity contribution in [1.82, 2.24) is 0 Å². The van der Waals surface area contributed by atoms with Crippen LogP contribution in [-0.2, 0) is 6.42 Å². The van der Waals surface area contributed by atoms with E-state index in [4.69, 9.17) is 4.74 Å². The summed E-state index contributed by atoms with van der Waals surface area (Å²) in [6.07, 6.45) is -0.876. The first kappa shape index (κ1) is 15.4. The van der Waals surface area contributed by atoms with Gasteiger partial charge >= 0.3 is 0 Å². The maximum absolute atomic E-state index is 13.6. The van der Waals surface area contributed by atoms with Gasteiger partial charge in [-0.15, -0.1) is 0 Å². The molecule has 0 aliphatic heterocycles. The van der Waals surface area contributed by atoms with Gasteiger partial charge in [-0.3, -0.25) is 0 Å². The third-order valence-electron chi connectivity index (χ3n) is 3.52. The van der Waals surface area contributed by atoms with Crippen molar-refractivity contribution in [3.63, 3.8) is 0 Å². The maximum atomic E-state index is 13.6. The summed E-state index contributed by atoms with van der Waals surface area (Å²) in [5, 5.41) is 10.3. The van der Waals surface area contributed by atoms with Crippen LogP contribution in [0.25, 0.3) is 0 Å². The molecule has 0 amide bonds. The Morgan fingerprint density at radius 2 is 1.76 bits per heavy atom. The number of halogens is 2. The molecule has 1 N–H and O–H groups in total. The molecule has 2 aromatic rings. The molecule has 0 fully saturated rings. The summed E-state index contributed by atoms with van der Waals surface area (Å²) in [7, 11) is 1.59. The third-order valence-corrected chi connectivity index (χ3v) is 3.52. The molecule has 2 aromatic carbocycles. The predicted molar refractivity (Wildman–Crippen MR) is 77.5 cm³/mol. The molecule has 0 saturated carbocycles. The van der Waals surface area contributed by atoms with Gasteiger partial charge in [-0.25, -0.2) is 8.78 Å². The van der Waals surface area contributed by atoms with Gasteiger partial charge in [0.25, 0.3) is 0 Å². The molecule has 21 heavy (non-hydrogen) atoms. The van der Waals surface area contributed by atoms with E-state index in [-0.39, 0.29) is 12.0 Å². The molecule has 0 heterocycles. The van der Waals surface area contributed by atoms with Gasteiger partial charge in [0.15, 0.2) is 11.6 Å². The van der Waals surface area contributed by atoms with Gasteiger partial charge in [-0.05, 0) is 54.3 Å². The van der Waals surface area contributed by atoms with Gasteiger partial charge in [0.05, 0.1) is 13.2 Å². The molecule has 0 aliphatic rings. The van der Waals surface area contributed by atoms with Crippen LogP contribution in [0, 0.1) is 25.5 Å². The Labute approximate surface area is 123 Å². The normalized spacial score (nSPS) is 12.3. The molecule has 0 aromatic heterocycles. The van der Waals surface area contributed by atoms with Crippen LogP contribution in [0.3, 0.4) is 0 Å². The molecule has 4 heteroatoms. The van der Waals surface area contributed by atoms with E-state index in [1.165, 1.54) is 12.1 Å². The Morgan fingerprint density at radius 1 is 1.14 bits per heavy atom. The van der Waals surface area contributed by atoms with Crippen LogP contribution in [0.15, 0.2) is 30.3 Å². The van der Waals surface area contributed by atoms with E-state index < -0.39 is 17.7 Å². The molecule has 112 valence electrons. The third kappa shape index (κ3) is 3.22. The van der Waals surface area contributed by atoms with Gasteiger partial charge < -0.3 is 9.84 Å². The van der Waals surface area contributed by atoms with E-state index in [0.717, 1.165) is 22.9 Å². The Kier molecular flexibility index (Phi) is 4.58. The molecule has 2 rings (SSSR count). The second-order valence-electron chi connectivity index (χ2n) is 5.12. The maximum Gasteiger partial charge on any atom is 0.162 e. The number of ether oxygens (including phenoxy) is 1. The summed E-state index contributed by atoms with van der Waals surface area (Å²) in [4.78, 5) is 0. The van der Waals surface area contributed by atoms with Crippen molar-refractivity contribution in [2.75, 3.05) is 7.11 Å². The topological polar surface area (TPSA) is 29.5 Å². The van der Waals surface area contributed by atoms with Crippen molar-refractivity contribution in [3.8, 4) is 5.75 Å². The van der Waals surface area contributed by atoms with E-state index in [1.54, 1.807) is 19.2 Å². The smallest absolute Gasteiger partial charge is 0.162 e. The molecular weight excluding hydrogens is 274 g/mol. The lowest BCUT2D eigenvalue weighted by atomic mass is 9.97. The van der Waals surface area contributed by atoms with Gasteiger partial charge in [0.2, 0.25) is 0 Å². The van der Waals surface area contributed by atoms with Crippen molar-refractivity contribution < 1.29 is 18.6 Å². The highest BCUT2D eigenvalue weighted by molar-refractivity contribution is 5.44. The quantitative estimate of drug-likeness (QED) is 0.927. The highest BCUT2D eigenvalue weighted by atomic mass is 19.2. The number of methoxy groups -OCH3 is 1. The molecule has 1 atom stereocenters.